The molecule has 78 valence electrons. The molecule has 0 saturated heterocycles. The first-order chi connectivity index (χ1) is 6.72. The molecule has 0 aromatic carbocycles. The van der Waals surface area contributed by atoms with Crippen molar-refractivity contribution in [3.63, 3.8) is 0 Å². The fourth-order valence-electron chi connectivity index (χ4n) is 2.53. The Labute approximate surface area is 90.3 Å². The number of thiophene rings is 1. The van der Waals surface area contributed by atoms with Crippen LogP contribution in [0.2, 0.25) is 0 Å². The first-order valence-corrected chi connectivity index (χ1v) is 6.44. The van der Waals surface area contributed by atoms with Gasteiger partial charge in [0.2, 0.25) is 0 Å². The van der Waals surface area contributed by atoms with E-state index >= 15 is 0 Å². The van der Waals surface area contributed by atoms with Crippen LogP contribution in [0.5, 0.6) is 0 Å². The maximum absolute atomic E-state index is 6.53. The average Bonchev–Trinajstić information content (AvgIpc) is 2.46. The zero-order chi connectivity index (χ0) is 10.0. The molecule has 1 nitrogen and oxygen atoms in total. The van der Waals surface area contributed by atoms with Gasteiger partial charge < -0.3 is 5.73 Å². The highest BCUT2D eigenvalue weighted by Gasteiger charge is 2.29. The van der Waals surface area contributed by atoms with E-state index in [0.29, 0.717) is 0 Å². The van der Waals surface area contributed by atoms with Gasteiger partial charge in [0.1, 0.15) is 0 Å². The second-order valence-electron chi connectivity index (χ2n) is 4.46. The Hall–Kier alpha value is -0.340. The Morgan fingerprint density at radius 2 is 1.86 bits per heavy atom. The highest BCUT2D eigenvalue weighted by molar-refractivity contribution is 7.10. The maximum Gasteiger partial charge on any atom is 0.0420 e. The zero-order valence-electron chi connectivity index (χ0n) is 8.88. The Morgan fingerprint density at radius 3 is 2.36 bits per heavy atom. The predicted octanol–water partition coefficient (Wildman–Crippen LogP) is 3.56. The van der Waals surface area contributed by atoms with Gasteiger partial charge >= 0.3 is 0 Å². The molecule has 1 aliphatic carbocycles. The lowest BCUT2D eigenvalue weighted by Gasteiger charge is -2.28. The SMILES string of the molecule is Cc1sccc1C1(N)CCCCCC1. The molecule has 0 aliphatic heterocycles. The van der Waals surface area contributed by atoms with Crippen LogP contribution in [0.25, 0.3) is 0 Å². The standard InChI is InChI=1S/C12H19NS/c1-10-11(6-9-14-10)12(13)7-4-2-3-5-8-12/h6,9H,2-5,7-8,13H2,1H3. The summed E-state index contributed by atoms with van der Waals surface area (Å²) in [6.45, 7) is 2.19. The monoisotopic (exact) mass is 209 g/mol. The number of hydrogen-bond donors (Lipinski definition) is 1. The van der Waals surface area contributed by atoms with Crippen molar-refractivity contribution in [3.05, 3.63) is 21.9 Å². The predicted molar refractivity (Wildman–Crippen MR) is 62.6 cm³/mol. The molecule has 1 aliphatic rings. The summed E-state index contributed by atoms with van der Waals surface area (Å²) in [6, 6.07) is 2.23. The van der Waals surface area contributed by atoms with E-state index in [1.54, 1.807) is 0 Å². The lowest BCUT2D eigenvalue weighted by molar-refractivity contribution is 0.385. The van der Waals surface area contributed by atoms with Gasteiger partial charge in [0, 0.05) is 10.4 Å². The molecule has 1 heterocycles. The number of hydrogen-bond acceptors (Lipinski definition) is 2. The van der Waals surface area contributed by atoms with Crippen LogP contribution in [0.1, 0.15) is 49.0 Å². The molecular weight excluding hydrogens is 190 g/mol. The van der Waals surface area contributed by atoms with E-state index < -0.39 is 0 Å². The summed E-state index contributed by atoms with van der Waals surface area (Å²) in [5, 5.41) is 2.17. The van der Waals surface area contributed by atoms with Crippen molar-refractivity contribution in [2.24, 2.45) is 5.73 Å². The third kappa shape index (κ3) is 1.86. The second-order valence-corrected chi connectivity index (χ2v) is 5.58. The molecule has 1 saturated carbocycles. The molecule has 2 heteroatoms. The Balaban J connectivity index is 2.25. The van der Waals surface area contributed by atoms with Crippen LogP contribution in [0.4, 0.5) is 0 Å². The van der Waals surface area contributed by atoms with Gasteiger partial charge in [-0.1, -0.05) is 25.7 Å². The van der Waals surface area contributed by atoms with Crippen LogP contribution in [-0.4, -0.2) is 0 Å². The molecule has 14 heavy (non-hydrogen) atoms. The van der Waals surface area contributed by atoms with E-state index in [2.05, 4.69) is 18.4 Å². The van der Waals surface area contributed by atoms with Crippen LogP contribution in [0.15, 0.2) is 11.4 Å². The molecule has 0 spiro atoms. The first-order valence-electron chi connectivity index (χ1n) is 5.56. The van der Waals surface area contributed by atoms with Gasteiger partial charge in [-0.05, 0) is 36.8 Å². The summed E-state index contributed by atoms with van der Waals surface area (Å²) in [4.78, 5) is 1.41. The van der Waals surface area contributed by atoms with Crippen molar-refractivity contribution in [3.8, 4) is 0 Å². The van der Waals surface area contributed by atoms with E-state index in [9.17, 15) is 0 Å². The van der Waals surface area contributed by atoms with Crippen LogP contribution in [0, 0.1) is 6.92 Å². The molecule has 1 aromatic rings. The van der Waals surface area contributed by atoms with E-state index in [-0.39, 0.29) is 5.54 Å². The third-order valence-corrected chi connectivity index (χ3v) is 4.24. The van der Waals surface area contributed by atoms with Crippen molar-refractivity contribution in [1.82, 2.24) is 0 Å². The summed E-state index contributed by atoms with van der Waals surface area (Å²) in [5.41, 5.74) is 7.93. The molecule has 0 unspecified atom stereocenters. The quantitative estimate of drug-likeness (QED) is 0.703. The van der Waals surface area contributed by atoms with Crippen LogP contribution >= 0.6 is 11.3 Å². The van der Waals surface area contributed by atoms with Crippen molar-refractivity contribution >= 4 is 11.3 Å². The summed E-state index contributed by atoms with van der Waals surface area (Å²) >= 11 is 1.82. The van der Waals surface area contributed by atoms with Gasteiger partial charge in [0.25, 0.3) is 0 Å². The zero-order valence-corrected chi connectivity index (χ0v) is 9.70. The number of rotatable bonds is 1. The summed E-state index contributed by atoms with van der Waals surface area (Å²) in [5.74, 6) is 0. The van der Waals surface area contributed by atoms with Crippen LogP contribution in [0.3, 0.4) is 0 Å². The molecule has 2 rings (SSSR count). The Bertz CT molecular complexity index is 295. The molecule has 0 bridgehead atoms. The van der Waals surface area contributed by atoms with E-state index in [4.69, 9.17) is 5.73 Å². The molecule has 1 fully saturated rings. The van der Waals surface area contributed by atoms with Crippen LogP contribution < -0.4 is 5.73 Å². The number of aryl methyl sites for hydroxylation is 1. The lowest BCUT2D eigenvalue weighted by atomic mass is 9.84. The van der Waals surface area contributed by atoms with Crippen molar-refractivity contribution in [2.45, 2.75) is 51.0 Å². The molecule has 1 aromatic heterocycles. The minimum atomic E-state index is -0.0133. The highest BCUT2D eigenvalue weighted by Crippen LogP contribution is 2.36. The van der Waals surface area contributed by atoms with Gasteiger partial charge in [-0.3, -0.25) is 0 Å². The Kier molecular flexibility index (Phi) is 2.93. The average molecular weight is 209 g/mol. The topological polar surface area (TPSA) is 26.0 Å². The lowest BCUT2D eigenvalue weighted by Crippen LogP contribution is -2.36. The van der Waals surface area contributed by atoms with Crippen molar-refractivity contribution in [2.75, 3.05) is 0 Å². The highest BCUT2D eigenvalue weighted by atomic mass is 32.1. The first kappa shape index (κ1) is 10.2. The summed E-state index contributed by atoms with van der Waals surface area (Å²) < 4.78 is 0. The molecular formula is C12H19NS. The normalized spacial score (nSPS) is 21.9. The summed E-state index contributed by atoms with van der Waals surface area (Å²) in [7, 11) is 0. The van der Waals surface area contributed by atoms with Gasteiger partial charge in [0.15, 0.2) is 0 Å². The fourth-order valence-corrected chi connectivity index (χ4v) is 3.34. The number of nitrogens with two attached hydrogens (primary N) is 1. The van der Waals surface area contributed by atoms with Gasteiger partial charge in [-0.15, -0.1) is 11.3 Å². The maximum atomic E-state index is 6.53. The minimum Gasteiger partial charge on any atom is -0.321 e. The third-order valence-electron chi connectivity index (χ3n) is 3.39. The van der Waals surface area contributed by atoms with Crippen molar-refractivity contribution in [1.29, 1.82) is 0 Å². The van der Waals surface area contributed by atoms with Gasteiger partial charge in [-0.25, -0.2) is 0 Å². The van der Waals surface area contributed by atoms with E-state index in [1.165, 1.54) is 49.0 Å². The largest absolute Gasteiger partial charge is 0.321 e. The Morgan fingerprint density at radius 1 is 1.21 bits per heavy atom. The molecule has 0 radical (unpaired) electrons. The van der Waals surface area contributed by atoms with Gasteiger partial charge in [-0.2, -0.15) is 0 Å². The van der Waals surface area contributed by atoms with E-state index in [1.807, 2.05) is 11.3 Å². The van der Waals surface area contributed by atoms with Crippen molar-refractivity contribution < 1.29 is 0 Å². The fraction of sp³-hybridized carbons (Fsp3) is 0.667. The van der Waals surface area contributed by atoms with Crippen LogP contribution in [-0.2, 0) is 5.54 Å². The molecule has 0 atom stereocenters. The smallest absolute Gasteiger partial charge is 0.0420 e. The van der Waals surface area contributed by atoms with Gasteiger partial charge in [0.05, 0.1) is 0 Å². The minimum absolute atomic E-state index is 0.0133. The molecule has 2 N–H and O–H groups in total. The summed E-state index contributed by atoms with van der Waals surface area (Å²) in [6.07, 6.45) is 7.66. The van der Waals surface area contributed by atoms with E-state index in [0.717, 1.165) is 0 Å². The second kappa shape index (κ2) is 4.03. The molecule has 0 amide bonds.